The van der Waals surface area contributed by atoms with Gasteiger partial charge >= 0.3 is 0 Å². The third-order valence-electron chi connectivity index (χ3n) is 3.46. The van der Waals surface area contributed by atoms with Crippen molar-refractivity contribution in [2.45, 2.75) is 18.3 Å². The van der Waals surface area contributed by atoms with Gasteiger partial charge in [0.15, 0.2) is 0 Å². The van der Waals surface area contributed by atoms with Gasteiger partial charge in [0.25, 0.3) is 0 Å². The number of benzene rings is 2. The molecule has 26 heavy (non-hydrogen) atoms. The van der Waals surface area contributed by atoms with E-state index < -0.39 is 24.9 Å². The van der Waals surface area contributed by atoms with Crippen LogP contribution in [0.5, 0.6) is 0 Å². The molecule has 0 aliphatic heterocycles. The predicted octanol–water partition coefficient (Wildman–Crippen LogP) is 0.627. The molecular formula is C18H22N4O4. The fraction of sp³-hybridized carbons (Fsp3) is 0.222. The lowest BCUT2D eigenvalue weighted by molar-refractivity contribution is -0.0548. The lowest BCUT2D eigenvalue weighted by Gasteiger charge is -2.21. The molecule has 0 bridgehead atoms. The Balaban J connectivity index is 2.14. The number of hydrogen-bond acceptors (Lipinski definition) is 8. The van der Waals surface area contributed by atoms with Gasteiger partial charge in [0.05, 0.1) is 24.2 Å². The van der Waals surface area contributed by atoms with Crippen LogP contribution in [0.4, 0.5) is 11.4 Å². The Morgan fingerprint density at radius 3 is 1.96 bits per heavy atom. The van der Waals surface area contributed by atoms with Gasteiger partial charge in [-0.15, -0.1) is 0 Å². The van der Waals surface area contributed by atoms with E-state index in [1.54, 1.807) is 24.3 Å². The number of rotatable bonds is 9. The maximum atomic E-state index is 10.2. The summed E-state index contributed by atoms with van der Waals surface area (Å²) < 4.78 is 0. The van der Waals surface area contributed by atoms with Crippen molar-refractivity contribution in [1.82, 2.24) is 0 Å². The van der Waals surface area contributed by atoms with E-state index >= 15 is 0 Å². The standard InChI is InChI=1S/C18H22N4O4/c23-12-16(24)18(26)17(25)15(22-21-14-9-5-2-6-10-14)11-19-20-13-7-3-1-4-8-13/h1-11,16-18,20-21,23-26H,12H2/b19-11-,22-15-. The molecule has 2 aromatic rings. The van der Waals surface area contributed by atoms with E-state index in [0.717, 1.165) is 5.69 Å². The zero-order chi connectivity index (χ0) is 18.8. The van der Waals surface area contributed by atoms with Crippen LogP contribution in [-0.2, 0) is 0 Å². The first-order chi connectivity index (χ1) is 12.6. The lowest BCUT2D eigenvalue weighted by atomic mass is 10.0. The monoisotopic (exact) mass is 358 g/mol. The summed E-state index contributed by atoms with van der Waals surface area (Å²) in [5.41, 5.74) is 6.87. The SMILES string of the molecule is OCC(O)C(O)C(O)C(/C=N\Nc1ccccc1)=N\Nc1ccccc1. The van der Waals surface area contributed by atoms with Crippen molar-refractivity contribution in [2.24, 2.45) is 10.2 Å². The van der Waals surface area contributed by atoms with Crippen LogP contribution < -0.4 is 10.9 Å². The fourth-order valence-corrected chi connectivity index (χ4v) is 1.99. The summed E-state index contributed by atoms with van der Waals surface area (Å²) in [5.74, 6) is 0. The van der Waals surface area contributed by atoms with E-state index in [-0.39, 0.29) is 5.71 Å². The van der Waals surface area contributed by atoms with E-state index in [1.807, 2.05) is 36.4 Å². The number of nitrogens with zero attached hydrogens (tertiary/aromatic N) is 2. The molecule has 0 amide bonds. The van der Waals surface area contributed by atoms with Crippen LogP contribution in [0.2, 0.25) is 0 Å². The van der Waals surface area contributed by atoms with Crippen LogP contribution in [-0.4, -0.2) is 57.3 Å². The predicted molar refractivity (Wildman–Crippen MR) is 101 cm³/mol. The van der Waals surface area contributed by atoms with Crippen molar-refractivity contribution in [3.63, 3.8) is 0 Å². The third kappa shape index (κ3) is 5.94. The highest BCUT2D eigenvalue weighted by Crippen LogP contribution is 2.08. The van der Waals surface area contributed by atoms with Gasteiger partial charge in [-0.2, -0.15) is 10.2 Å². The van der Waals surface area contributed by atoms with Crippen molar-refractivity contribution in [1.29, 1.82) is 0 Å². The van der Waals surface area contributed by atoms with Crippen molar-refractivity contribution in [2.75, 3.05) is 17.5 Å². The normalized spacial score (nSPS) is 15.5. The molecule has 3 atom stereocenters. The molecule has 0 fully saturated rings. The second-order valence-electron chi connectivity index (χ2n) is 5.44. The summed E-state index contributed by atoms with van der Waals surface area (Å²) >= 11 is 0. The lowest BCUT2D eigenvalue weighted by Crippen LogP contribution is -2.44. The van der Waals surface area contributed by atoms with Crippen molar-refractivity contribution < 1.29 is 20.4 Å². The molecular weight excluding hydrogens is 336 g/mol. The van der Waals surface area contributed by atoms with Crippen LogP contribution in [0.15, 0.2) is 70.9 Å². The fourth-order valence-electron chi connectivity index (χ4n) is 1.99. The summed E-state index contributed by atoms with van der Waals surface area (Å²) in [4.78, 5) is 0. The van der Waals surface area contributed by atoms with E-state index in [0.29, 0.717) is 5.69 Å². The first-order valence-electron chi connectivity index (χ1n) is 7.99. The Kier molecular flexibility index (Phi) is 7.72. The van der Waals surface area contributed by atoms with E-state index in [1.165, 1.54) is 6.21 Å². The maximum Gasteiger partial charge on any atom is 0.128 e. The van der Waals surface area contributed by atoms with Crippen LogP contribution in [0.3, 0.4) is 0 Å². The summed E-state index contributed by atoms with van der Waals surface area (Å²) in [6.07, 6.45) is -3.47. The summed E-state index contributed by atoms with van der Waals surface area (Å²) in [7, 11) is 0. The minimum Gasteiger partial charge on any atom is -0.394 e. The Morgan fingerprint density at radius 1 is 0.885 bits per heavy atom. The molecule has 0 saturated heterocycles. The minimum absolute atomic E-state index is 0.0303. The third-order valence-corrected chi connectivity index (χ3v) is 3.46. The second kappa shape index (κ2) is 10.3. The van der Waals surface area contributed by atoms with Crippen LogP contribution >= 0.6 is 0 Å². The zero-order valence-corrected chi connectivity index (χ0v) is 14.0. The minimum atomic E-state index is -1.63. The average Bonchev–Trinajstić information content (AvgIpc) is 2.70. The van der Waals surface area contributed by atoms with E-state index in [9.17, 15) is 15.3 Å². The van der Waals surface area contributed by atoms with Crippen molar-refractivity contribution in [3.8, 4) is 0 Å². The quantitative estimate of drug-likeness (QED) is 0.288. The Hall–Kier alpha value is -2.78. The van der Waals surface area contributed by atoms with Gasteiger partial charge in [-0.1, -0.05) is 36.4 Å². The van der Waals surface area contributed by atoms with Gasteiger partial charge in [-0.3, -0.25) is 10.9 Å². The first-order valence-corrected chi connectivity index (χ1v) is 7.99. The van der Waals surface area contributed by atoms with Gasteiger partial charge in [-0.25, -0.2) is 0 Å². The van der Waals surface area contributed by atoms with Gasteiger partial charge in [0.2, 0.25) is 0 Å². The summed E-state index contributed by atoms with van der Waals surface area (Å²) in [6, 6.07) is 18.1. The summed E-state index contributed by atoms with van der Waals surface area (Å²) in [6.45, 7) is -0.697. The van der Waals surface area contributed by atoms with Gasteiger partial charge < -0.3 is 20.4 Å². The molecule has 0 aromatic heterocycles. The van der Waals surface area contributed by atoms with Gasteiger partial charge in [0.1, 0.15) is 24.0 Å². The second-order valence-corrected chi connectivity index (χ2v) is 5.44. The number of hydrogen-bond donors (Lipinski definition) is 6. The highest BCUT2D eigenvalue weighted by Gasteiger charge is 2.27. The largest absolute Gasteiger partial charge is 0.394 e. The Bertz CT molecular complexity index is 710. The molecule has 2 rings (SSSR count). The molecule has 8 heteroatoms. The number of para-hydroxylation sites is 2. The number of aliphatic hydroxyl groups excluding tert-OH is 4. The van der Waals surface area contributed by atoms with Crippen molar-refractivity contribution in [3.05, 3.63) is 60.7 Å². The Morgan fingerprint density at radius 2 is 1.42 bits per heavy atom. The number of aliphatic hydroxyl groups is 4. The molecule has 0 saturated carbocycles. The highest BCUT2D eigenvalue weighted by atomic mass is 16.4. The molecule has 0 spiro atoms. The molecule has 0 aliphatic carbocycles. The number of nitrogens with one attached hydrogen (secondary N) is 2. The van der Waals surface area contributed by atoms with Crippen LogP contribution in [0, 0.1) is 0 Å². The van der Waals surface area contributed by atoms with Crippen LogP contribution in [0.1, 0.15) is 0 Å². The zero-order valence-electron chi connectivity index (χ0n) is 14.0. The molecule has 6 N–H and O–H groups in total. The molecule has 0 aliphatic rings. The molecule has 0 radical (unpaired) electrons. The molecule has 2 aromatic carbocycles. The highest BCUT2D eigenvalue weighted by molar-refractivity contribution is 6.33. The average molecular weight is 358 g/mol. The topological polar surface area (TPSA) is 130 Å². The first kappa shape index (κ1) is 19.5. The maximum absolute atomic E-state index is 10.2. The van der Waals surface area contributed by atoms with Crippen LogP contribution in [0.25, 0.3) is 0 Å². The molecule has 0 heterocycles. The van der Waals surface area contributed by atoms with Crippen molar-refractivity contribution >= 4 is 23.3 Å². The molecule has 3 unspecified atom stereocenters. The molecule has 138 valence electrons. The van der Waals surface area contributed by atoms with Gasteiger partial charge in [-0.05, 0) is 24.3 Å². The van der Waals surface area contributed by atoms with E-state index in [4.69, 9.17) is 5.11 Å². The number of anilines is 2. The van der Waals surface area contributed by atoms with E-state index in [2.05, 4.69) is 21.1 Å². The van der Waals surface area contributed by atoms with Gasteiger partial charge in [0, 0.05) is 0 Å². The number of hydrazone groups is 2. The summed E-state index contributed by atoms with van der Waals surface area (Å²) in [5, 5.41) is 46.7. The Labute approximate surface area is 151 Å². The smallest absolute Gasteiger partial charge is 0.128 e. The molecule has 8 nitrogen and oxygen atoms in total.